The summed E-state index contributed by atoms with van der Waals surface area (Å²) in [4.78, 5) is 6.53. The van der Waals surface area contributed by atoms with Crippen LogP contribution >= 0.6 is 24.0 Å². The Morgan fingerprint density at radius 1 is 1.27 bits per heavy atom. The molecule has 1 aromatic carbocycles. The van der Waals surface area contributed by atoms with Gasteiger partial charge in [0.05, 0.1) is 6.26 Å². The molecule has 6 heteroatoms. The maximum Gasteiger partial charge on any atom is 0.194 e. The largest absolute Gasteiger partial charge is 0.467 e. The van der Waals surface area contributed by atoms with Gasteiger partial charge in [0.2, 0.25) is 0 Å². The summed E-state index contributed by atoms with van der Waals surface area (Å²) in [5.74, 6) is 1.39. The Bertz CT molecular complexity index is 570. The van der Waals surface area contributed by atoms with Crippen LogP contribution in [0.1, 0.15) is 18.2 Å². The summed E-state index contributed by atoms with van der Waals surface area (Å²) >= 11 is 0. The maximum atomic E-state index is 12.9. The molecular weight excluding hydrogens is 396 g/mol. The molecular formula is C16H21FIN3O. The third kappa shape index (κ3) is 5.67. The van der Waals surface area contributed by atoms with Crippen molar-refractivity contribution in [3.63, 3.8) is 0 Å². The van der Waals surface area contributed by atoms with Crippen LogP contribution < -0.4 is 5.32 Å². The highest BCUT2D eigenvalue weighted by Gasteiger charge is 2.07. The molecule has 2 aromatic rings. The van der Waals surface area contributed by atoms with Crippen LogP contribution in [0.15, 0.2) is 52.1 Å². The molecule has 0 radical (unpaired) electrons. The van der Waals surface area contributed by atoms with Gasteiger partial charge >= 0.3 is 0 Å². The lowest BCUT2D eigenvalue weighted by Crippen LogP contribution is -2.38. The number of nitrogens with zero attached hydrogens (tertiary/aromatic N) is 2. The number of benzene rings is 1. The van der Waals surface area contributed by atoms with E-state index in [4.69, 9.17) is 4.42 Å². The van der Waals surface area contributed by atoms with Crippen LogP contribution in [0.4, 0.5) is 4.39 Å². The zero-order valence-electron chi connectivity index (χ0n) is 12.8. The smallest absolute Gasteiger partial charge is 0.194 e. The number of rotatable bonds is 5. The van der Waals surface area contributed by atoms with E-state index < -0.39 is 0 Å². The van der Waals surface area contributed by atoms with Crippen molar-refractivity contribution in [1.82, 2.24) is 10.2 Å². The first kappa shape index (κ1) is 18.5. The molecule has 0 aliphatic carbocycles. The molecule has 22 heavy (non-hydrogen) atoms. The van der Waals surface area contributed by atoms with Gasteiger partial charge in [0, 0.05) is 20.1 Å². The summed E-state index contributed by atoms with van der Waals surface area (Å²) in [6.45, 7) is 3.95. The predicted molar refractivity (Wildman–Crippen MR) is 96.8 cm³/mol. The first-order valence-corrected chi connectivity index (χ1v) is 6.95. The van der Waals surface area contributed by atoms with Gasteiger partial charge in [-0.05, 0) is 36.8 Å². The van der Waals surface area contributed by atoms with E-state index in [0.717, 1.165) is 23.8 Å². The number of hydrogen-bond acceptors (Lipinski definition) is 2. The van der Waals surface area contributed by atoms with E-state index in [1.807, 2.05) is 31.0 Å². The Kier molecular flexibility index (Phi) is 7.94. The maximum absolute atomic E-state index is 12.9. The van der Waals surface area contributed by atoms with Crippen molar-refractivity contribution in [2.24, 2.45) is 4.99 Å². The standard InChI is InChI=1S/C16H20FN3O.HI/c1-3-18-16(19-11-15-5-4-10-21-15)20(2)12-13-6-8-14(17)9-7-13;/h4-10H,3,11-12H2,1-2H3,(H,18,19);1H. The molecule has 0 atom stereocenters. The summed E-state index contributed by atoms with van der Waals surface area (Å²) in [5, 5.41) is 3.24. The second-order valence-electron chi connectivity index (χ2n) is 4.73. The Balaban J connectivity index is 0.00000242. The zero-order valence-corrected chi connectivity index (χ0v) is 15.1. The van der Waals surface area contributed by atoms with Crippen molar-refractivity contribution in [2.45, 2.75) is 20.0 Å². The van der Waals surface area contributed by atoms with Gasteiger partial charge < -0.3 is 14.6 Å². The van der Waals surface area contributed by atoms with E-state index in [-0.39, 0.29) is 29.8 Å². The van der Waals surface area contributed by atoms with Crippen molar-refractivity contribution in [1.29, 1.82) is 0 Å². The lowest BCUT2D eigenvalue weighted by molar-refractivity contribution is 0.469. The van der Waals surface area contributed by atoms with E-state index in [1.54, 1.807) is 18.4 Å². The molecule has 0 fully saturated rings. The number of furan rings is 1. The molecule has 0 aliphatic rings. The highest BCUT2D eigenvalue weighted by Crippen LogP contribution is 2.07. The van der Waals surface area contributed by atoms with Crippen LogP contribution in [-0.4, -0.2) is 24.5 Å². The van der Waals surface area contributed by atoms with E-state index in [9.17, 15) is 4.39 Å². The minimum Gasteiger partial charge on any atom is -0.467 e. The zero-order chi connectivity index (χ0) is 15.1. The van der Waals surface area contributed by atoms with Crippen LogP contribution in [0.5, 0.6) is 0 Å². The van der Waals surface area contributed by atoms with Gasteiger partial charge in [0.25, 0.3) is 0 Å². The van der Waals surface area contributed by atoms with E-state index in [2.05, 4.69) is 10.3 Å². The van der Waals surface area contributed by atoms with Crippen LogP contribution in [0.2, 0.25) is 0 Å². The fraction of sp³-hybridized carbons (Fsp3) is 0.312. The van der Waals surface area contributed by atoms with Crippen molar-refractivity contribution < 1.29 is 8.81 Å². The molecule has 0 spiro atoms. The second kappa shape index (κ2) is 9.45. The lowest BCUT2D eigenvalue weighted by Gasteiger charge is -2.22. The van der Waals surface area contributed by atoms with Crippen molar-refractivity contribution in [3.05, 3.63) is 59.8 Å². The highest BCUT2D eigenvalue weighted by molar-refractivity contribution is 14.0. The molecule has 1 aromatic heterocycles. The molecule has 0 bridgehead atoms. The van der Waals surface area contributed by atoms with Crippen molar-refractivity contribution in [3.8, 4) is 0 Å². The average Bonchev–Trinajstić information content (AvgIpc) is 2.99. The monoisotopic (exact) mass is 417 g/mol. The summed E-state index contributed by atoms with van der Waals surface area (Å²) in [5.41, 5.74) is 1.03. The number of halogens is 2. The summed E-state index contributed by atoms with van der Waals surface area (Å²) in [7, 11) is 1.95. The SMILES string of the molecule is CCNC(=NCc1ccco1)N(C)Cc1ccc(F)cc1.I. The van der Waals surface area contributed by atoms with Crippen LogP contribution in [0.3, 0.4) is 0 Å². The summed E-state index contributed by atoms with van der Waals surface area (Å²) in [6.07, 6.45) is 1.64. The first-order valence-electron chi connectivity index (χ1n) is 6.95. The van der Waals surface area contributed by atoms with E-state index >= 15 is 0 Å². The van der Waals surface area contributed by atoms with Crippen LogP contribution in [-0.2, 0) is 13.1 Å². The quantitative estimate of drug-likeness (QED) is 0.459. The minimum absolute atomic E-state index is 0. The molecule has 1 heterocycles. The van der Waals surface area contributed by atoms with Crippen LogP contribution in [0, 0.1) is 5.82 Å². The Morgan fingerprint density at radius 2 is 2.00 bits per heavy atom. The third-order valence-electron chi connectivity index (χ3n) is 2.99. The molecule has 0 saturated carbocycles. The second-order valence-corrected chi connectivity index (χ2v) is 4.73. The van der Waals surface area contributed by atoms with Gasteiger partial charge in [-0.2, -0.15) is 0 Å². The Hall–Kier alpha value is -1.57. The van der Waals surface area contributed by atoms with E-state index in [1.165, 1.54) is 12.1 Å². The molecule has 0 saturated heterocycles. The Labute approximate surface area is 147 Å². The van der Waals surface area contributed by atoms with Gasteiger partial charge in [0.15, 0.2) is 5.96 Å². The molecule has 0 aliphatic heterocycles. The third-order valence-corrected chi connectivity index (χ3v) is 2.99. The van der Waals surface area contributed by atoms with Gasteiger partial charge in [-0.1, -0.05) is 12.1 Å². The van der Waals surface area contributed by atoms with Gasteiger partial charge in [-0.25, -0.2) is 9.38 Å². The highest BCUT2D eigenvalue weighted by atomic mass is 127. The first-order chi connectivity index (χ1) is 10.2. The van der Waals surface area contributed by atoms with E-state index in [0.29, 0.717) is 13.1 Å². The molecule has 2 rings (SSSR count). The van der Waals surface area contributed by atoms with Crippen molar-refractivity contribution >= 4 is 29.9 Å². The molecule has 4 nitrogen and oxygen atoms in total. The number of aliphatic imine (C=N–C) groups is 1. The summed E-state index contributed by atoms with van der Waals surface area (Å²) in [6, 6.07) is 10.2. The number of nitrogens with one attached hydrogen (secondary N) is 1. The fourth-order valence-corrected chi connectivity index (χ4v) is 1.96. The molecule has 120 valence electrons. The normalized spacial score (nSPS) is 11.0. The Morgan fingerprint density at radius 3 is 2.59 bits per heavy atom. The molecule has 0 unspecified atom stereocenters. The van der Waals surface area contributed by atoms with Gasteiger partial charge in [-0.15, -0.1) is 24.0 Å². The summed E-state index contributed by atoms with van der Waals surface area (Å²) < 4.78 is 18.2. The molecule has 1 N–H and O–H groups in total. The average molecular weight is 417 g/mol. The fourth-order valence-electron chi connectivity index (χ4n) is 1.96. The van der Waals surface area contributed by atoms with Gasteiger partial charge in [0.1, 0.15) is 18.1 Å². The topological polar surface area (TPSA) is 40.8 Å². The minimum atomic E-state index is -0.222. The number of hydrogen-bond donors (Lipinski definition) is 1. The lowest BCUT2D eigenvalue weighted by atomic mass is 10.2. The predicted octanol–water partition coefficient (Wildman–Crippen LogP) is 3.63. The molecule has 0 amide bonds. The number of guanidine groups is 1. The van der Waals surface area contributed by atoms with Gasteiger partial charge in [-0.3, -0.25) is 0 Å². The van der Waals surface area contributed by atoms with Crippen LogP contribution in [0.25, 0.3) is 0 Å². The van der Waals surface area contributed by atoms with Crippen molar-refractivity contribution in [2.75, 3.05) is 13.6 Å².